The van der Waals surface area contributed by atoms with Crippen LogP contribution in [-0.2, 0) is 14.8 Å². The smallest absolute Gasteiger partial charge is 0.393 e. The number of rotatable bonds is 4. The molecule has 0 unspecified atom stereocenters. The van der Waals surface area contributed by atoms with E-state index in [4.69, 9.17) is 5.11 Å². The fourth-order valence-electron chi connectivity index (χ4n) is 2.61. The number of hydrogen-bond acceptors (Lipinski definition) is 4. The van der Waals surface area contributed by atoms with Gasteiger partial charge in [-0.2, -0.15) is 17.5 Å². The van der Waals surface area contributed by atoms with Gasteiger partial charge in [-0.3, -0.25) is 4.79 Å². The first-order valence-corrected chi connectivity index (χ1v) is 8.45. The van der Waals surface area contributed by atoms with Crippen molar-refractivity contribution in [2.45, 2.75) is 11.1 Å². The van der Waals surface area contributed by atoms with E-state index in [-0.39, 0.29) is 4.90 Å². The number of benzene rings is 1. The van der Waals surface area contributed by atoms with Crippen molar-refractivity contribution in [2.75, 3.05) is 32.1 Å². The highest BCUT2D eigenvalue weighted by atomic mass is 32.2. The van der Waals surface area contributed by atoms with Crippen molar-refractivity contribution in [3.8, 4) is 0 Å². The van der Waals surface area contributed by atoms with E-state index in [0.717, 1.165) is 5.69 Å². The Bertz CT molecular complexity index is 717. The van der Waals surface area contributed by atoms with Crippen LogP contribution >= 0.6 is 0 Å². The summed E-state index contributed by atoms with van der Waals surface area (Å²) in [6.07, 6.45) is -4.78. The first kappa shape index (κ1) is 18.5. The highest BCUT2D eigenvalue weighted by Gasteiger charge is 2.54. The zero-order valence-corrected chi connectivity index (χ0v) is 13.8. The Kier molecular flexibility index (Phi) is 4.82. The highest BCUT2D eigenvalue weighted by Crippen LogP contribution is 2.39. The van der Waals surface area contributed by atoms with E-state index in [9.17, 15) is 26.4 Å². The highest BCUT2D eigenvalue weighted by molar-refractivity contribution is 7.89. The van der Waals surface area contributed by atoms with Gasteiger partial charge >= 0.3 is 12.1 Å². The molecule has 6 nitrogen and oxygen atoms in total. The summed E-state index contributed by atoms with van der Waals surface area (Å²) in [5, 5.41) is 8.97. The van der Waals surface area contributed by atoms with Crippen LogP contribution in [0.3, 0.4) is 0 Å². The molecular formula is C14H17F3N2O4S. The van der Waals surface area contributed by atoms with Gasteiger partial charge in [-0.25, -0.2) is 8.42 Å². The fourth-order valence-corrected chi connectivity index (χ4v) is 4.10. The third kappa shape index (κ3) is 3.48. The summed E-state index contributed by atoms with van der Waals surface area (Å²) in [7, 11) is -0.671. The molecule has 1 heterocycles. The molecule has 0 bridgehead atoms. The van der Waals surface area contributed by atoms with Crippen molar-refractivity contribution in [1.29, 1.82) is 0 Å². The molecule has 1 N–H and O–H groups in total. The van der Waals surface area contributed by atoms with Gasteiger partial charge in [0.1, 0.15) is 0 Å². The summed E-state index contributed by atoms with van der Waals surface area (Å²) in [5.41, 5.74) is 0.729. The molecule has 0 radical (unpaired) electrons. The molecule has 0 aromatic heterocycles. The van der Waals surface area contributed by atoms with Gasteiger partial charge in [0.15, 0.2) is 0 Å². The molecule has 2 atom stereocenters. The van der Waals surface area contributed by atoms with Crippen LogP contribution in [0.5, 0.6) is 0 Å². The van der Waals surface area contributed by atoms with Gasteiger partial charge in [0.2, 0.25) is 10.0 Å². The number of carboxylic acid groups (broad SMARTS) is 1. The largest absolute Gasteiger partial charge is 0.481 e. The van der Waals surface area contributed by atoms with Crippen LogP contribution in [0, 0.1) is 11.8 Å². The lowest BCUT2D eigenvalue weighted by Gasteiger charge is -2.19. The van der Waals surface area contributed by atoms with Crippen molar-refractivity contribution in [1.82, 2.24) is 4.31 Å². The molecule has 1 aromatic carbocycles. The summed E-state index contributed by atoms with van der Waals surface area (Å²) in [4.78, 5) is 12.6. The van der Waals surface area contributed by atoms with E-state index in [1.54, 1.807) is 19.0 Å². The topological polar surface area (TPSA) is 77.9 Å². The standard InChI is InChI=1S/C14H17F3N2O4S/c1-18(2)9-3-5-10(6-4-9)24(22,23)19-7-11(13(20)21)12(8-19)14(15,16)17/h3-6,11-12H,7-8H2,1-2H3,(H,20,21)/t11-,12-/m1/s1. The third-order valence-corrected chi connectivity index (χ3v) is 5.86. The molecule has 1 aliphatic rings. The lowest BCUT2D eigenvalue weighted by molar-refractivity contribution is -0.187. The Morgan fingerprint density at radius 2 is 1.75 bits per heavy atom. The first-order valence-electron chi connectivity index (χ1n) is 7.01. The zero-order valence-electron chi connectivity index (χ0n) is 13.0. The van der Waals surface area contributed by atoms with Crippen molar-refractivity contribution in [3.63, 3.8) is 0 Å². The lowest BCUT2D eigenvalue weighted by Crippen LogP contribution is -2.34. The molecule has 10 heteroatoms. The summed E-state index contributed by atoms with van der Waals surface area (Å²) in [6, 6.07) is 5.64. The Morgan fingerprint density at radius 1 is 1.21 bits per heavy atom. The third-order valence-electron chi connectivity index (χ3n) is 4.01. The number of halogens is 3. The summed E-state index contributed by atoms with van der Waals surface area (Å²) < 4.78 is 64.6. The molecule has 0 aliphatic carbocycles. The average molecular weight is 366 g/mol. The van der Waals surface area contributed by atoms with E-state index in [1.807, 2.05) is 0 Å². The number of sulfonamides is 1. The number of nitrogens with zero attached hydrogens (tertiary/aromatic N) is 2. The Morgan fingerprint density at radius 3 is 2.12 bits per heavy atom. The Balaban J connectivity index is 2.31. The lowest BCUT2D eigenvalue weighted by atomic mass is 9.96. The van der Waals surface area contributed by atoms with Crippen molar-refractivity contribution >= 4 is 21.7 Å². The summed E-state index contributed by atoms with van der Waals surface area (Å²) in [5.74, 6) is -5.68. The van der Waals surface area contributed by atoms with Crippen molar-refractivity contribution in [3.05, 3.63) is 24.3 Å². The quantitative estimate of drug-likeness (QED) is 0.877. The van der Waals surface area contributed by atoms with Crippen LogP contribution in [0.1, 0.15) is 0 Å². The van der Waals surface area contributed by atoms with E-state index < -0.39 is 47.1 Å². The molecule has 0 spiro atoms. The van der Waals surface area contributed by atoms with Gasteiger partial charge in [-0.15, -0.1) is 0 Å². The number of alkyl halides is 3. The fraction of sp³-hybridized carbons (Fsp3) is 0.500. The molecule has 0 saturated carbocycles. The SMILES string of the molecule is CN(C)c1ccc(S(=O)(=O)N2C[C@@H](C(F)(F)F)[C@H](C(=O)O)C2)cc1. The van der Waals surface area contributed by atoms with Gasteiger partial charge in [0.25, 0.3) is 0 Å². The minimum Gasteiger partial charge on any atom is -0.481 e. The normalized spacial score (nSPS) is 22.5. The van der Waals surface area contributed by atoms with Gasteiger partial charge in [0.05, 0.1) is 16.7 Å². The van der Waals surface area contributed by atoms with Crippen molar-refractivity contribution < 1.29 is 31.5 Å². The second-order valence-corrected chi connectivity index (χ2v) is 7.74. The van der Waals surface area contributed by atoms with Gasteiger partial charge in [0, 0.05) is 32.9 Å². The summed E-state index contributed by atoms with van der Waals surface area (Å²) >= 11 is 0. The predicted molar refractivity (Wildman–Crippen MR) is 80.2 cm³/mol. The maximum atomic E-state index is 13.0. The Labute approximate surface area is 137 Å². The van der Waals surface area contributed by atoms with Crippen LogP contribution in [0.2, 0.25) is 0 Å². The monoisotopic (exact) mass is 366 g/mol. The van der Waals surface area contributed by atoms with Gasteiger partial charge in [-0.1, -0.05) is 0 Å². The molecule has 134 valence electrons. The number of hydrogen-bond donors (Lipinski definition) is 1. The van der Waals surface area contributed by atoms with E-state index in [1.165, 1.54) is 24.3 Å². The van der Waals surface area contributed by atoms with Crippen LogP contribution in [0.25, 0.3) is 0 Å². The number of aliphatic carboxylic acids is 1. The molecule has 2 rings (SSSR count). The van der Waals surface area contributed by atoms with Crippen LogP contribution < -0.4 is 4.90 Å². The molecule has 1 saturated heterocycles. The van der Waals surface area contributed by atoms with Crippen LogP contribution in [0.4, 0.5) is 18.9 Å². The molecule has 1 fully saturated rings. The molecule has 24 heavy (non-hydrogen) atoms. The van der Waals surface area contributed by atoms with E-state index in [0.29, 0.717) is 4.31 Å². The second-order valence-electron chi connectivity index (χ2n) is 5.80. The van der Waals surface area contributed by atoms with Gasteiger partial charge in [-0.05, 0) is 24.3 Å². The zero-order chi connectivity index (χ0) is 18.3. The van der Waals surface area contributed by atoms with E-state index in [2.05, 4.69) is 0 Å². The predicted octanol–water partition coefficient (Wildman–Crippen LogP) is 1.64. The minimum absolute atomic E-state index is 0.167. The number of anilines is 1. The van der Waals surface area contributed by atoms with Crippen LogP contribution in [0.15, 0.2) is 29.2 Å². The number of carbonyl (C=O) groups is 1. The molecule has 1 aliphatic heterocycles. The summed E-state index contributed by atoms with van der Waals surface area (Å²) in [6.45, 7) is -1.59. The molecular weight excluding hydrogens is 349 g/mol. The minimum atomic E-state index is -4.78. The average Bonchev–Trinajstić information content (AvgIpc) is 2.93. The molecule has 0 amide bonds. The maximum absolute atomic E-state index is 13.0. The Hall–Kier alpha value is -1.81. The second kappa shape index (κ2) is 6.25. The van der Waals surface area contributed by atoms with Crippen LogP contribution in [-0.4, -0.2) is 57.2 Å². The maximum Gasteiger partial charge on any atom is 0.393 e. The van der Waals surface area contributed by atoms with Crippen molar-refractivity contribution in [2.24, 2.45) is 11.8 Å². The van der Waals surface area contributed by atoms with Gasteiger partial charge < -0.3 is 10.0 Å². The number of carboxylic acids is 1. The molecule has 1 aromatic rings. The van der Waals surface area contributed by atoms with E-state index >= 15 is 0 Å². The first-order chi connectivity index (χ1) is 10.9.